The number of carbonyl (C=O) groups excluding carboxylic acids is 2. The zero-order valence-corrected chi connectivity index (χ0v) is 18.6. The van der Waals surface area contributed by atoms with Crippen LogP contribution in [0, 0.1) is 19.8 Å². The number of hydrogen-bond acceptors (Lipinski definition) is 8. The molecule has 2 fully saturated rings. The number of aromatic nitrogens is 3. The molecule has 2 saturated heterocycles. The number of ether oxygens (including phenoxy) is 2. The van der Waals surface area contributed by atoms with Gasteiger partial charge in [-0.3, -0.25) is 9.59 Å². The lowest BCUT2D eigenvalue weighted by atomic mass is 10.1. The van der Waals surface area contributed by atoms with Gasteiger partial charge in [0.1, 0.15) is 0 Å². The van der Waals surface area contributed by atoms with Crippen molar-refractivity contribution in [3.63, 3.8) is 0 Å². The van der Waals surface area contributed by atoms with Crippen molar-refractivity contribution >= 4 is 23.5 Å². The lowest BCUT2D eigenvalue weighted by Crippen LogP contribution is -2.38. The summed E-state index contributed by atoms with van der Waals surface area (Å²) in [6.45, 7) is 7.09. The number of nitrogens with zero attached hydrogens (tertiary/aromatic N) is 5. The quantitative estimate of drug-likeness (QED) is 0.709. The van der Waals surface area contributed by atoms with Gasteiger partial charge in [-0.2, -0.15) is 15.0 Å². The van der Waals surface area contributed by atoms with Crippen molar-refractivity contribution < 1.29 is 19.1 Å². The van der Waals surface area contributed by atoms with Crippen LogP contribution in [-0.4, -0.2) is 66.7 Å². The normalized spacial score (nSPS) is 18.7. The molecule has 2 aliphatic rings. The maximum absolute atomic E-state index is 12.8. The fraction of sp³-hybridized carbons (Fsp3) is 0.500. The first kappa shape index (κ1) is 21.9. The van der Waals surface area contributed by atoms with Crippen LogP contribution in [0.3, 0.4) is 0 Å². The average molecular weight is 441 g/mol. The molecule has 0 radical (unpaired) electrons. The first-order valence-corrected chi connectivity index (χ1v) is 10.7. The minimum absolute atomic E-state index is 0.0511. The zero-order valence-electron chi connectivity index (χ0n) is 18.6. The molecule has 3 heterocycles. The van der Waals surface area contributed by atoms with Gasteiger partial charge in [-0.1, -0.05) is 6.07 Å². The van der Waals surface area contributed by atoms with E-state index in [1.165, 1.54) is 12.7 Å². The molecule has 32 heavy (non-hydrogen) atoms. The molecule has 170 valence electrons. The van der Waals surface area contributed by atoms with E-state index in [0.717, 1.165) is 11.3 Å². The molecule has 0 aliphatic carbocycles. The fourth-order valence-corrected chi connectivity index (χ4v) is 3.80. The molecule has 0 bridgehead atoms. The monoisotopic (exact) mass is 440 g/mol. The second-order valence-electron chi connectivity index (χ2n) is 8.03. The van der Waals surface area contributed by atoms with Crippen molar-refractivity contribution in [1.82, 2.24) is 20.3 Å². The van der Waals surface area contributed by atoms with Gasteiger partial charge in [0, 0.05) is 31.7 Å². The molecule has 0 saturated carbocycles. The molecule has 1 aromatic carbocycles. The maximum atomic E-state index is 12.8. The van der Waals surface area contributed by atoms with Crippen molar-refractivity contribution in [3.05, 3.63) is 35.2 Å². The highest BCUT2D eigenvalue weighted by Crippen LogP contribution is 2.27. The molecule has 1 aromatic heterocycles. The Morgan fingerprint density at radius 2 is 1.97 bits per heavy atom. The highest BCUT2D eigenvalue weighted by Gasteiger charge is 2.35. The van der Waals surface area contributed by atoms with Crippen LogP contribution in [0.1, 0.15) is 23.4 Å². The number of anilines is 2. The van der Waals surface area contributed by atoms with Gasteiger partial charge in [-0.05, 0) is 37.1 Å². The first-order valence-electron chi connectivity index (χ1n) is 10.7. The van der Waals surface area contributed by atoms with Crippen LogP contribution in [0.4, 0.5) is 11.6 Å². The van der Waals surface area contributed by atoms with Crippen LogP contribution < -0.4 is 19.9 Å². The number of benzene rings is 1. The van der Waals surface area contributed by atoms with E-state index in [4.69, 9.17) is 9.47 Å². The Balaban J connectivity index is 1.40. The third-order valence-corrected chi connectivity index (χ3v) is 5.84. The lowest BCUT2D eigenvalue weighted by molar-refractivity contribution is -0.126. The molecule has 0 spiro atoms. The highest BCUT2D eigenvalue weighted by atomic mass is 16.5. The fourth-order valence-electron chi connectivity index (χ4n) is 3.80. The molecule has 2 amide bonds. The summed E-state index contributed by atoms with van der Waals surface area (Å²) in [7, 11) is 1.49. The van der Waals surface area contributed by atoms with Gasteiger partial charge in [0.2, 0.25) is 17.8 Å². The largest absolute Gasteiger partial charge is 0.467 e. The van der Waals surface area contributed by atoms with Crippen LogP contribution in [-0.2, 0) is 20.9 Å². The Morgan fingerprint density at radius 1 is 1.19 bits per heavy atom. The molecule has 1 N–H and O–H groups in total. The number of rotatable bonds is 6. The summed E-state index contributed by atoms with van der Waals surface area (Å²) < 4.78 is 10.6. The number of methoxy groups -OCH3 is 1. The molecule has 1 unspecified atom stereocenters. The Bertz CT molecular complexity index is 1010. The Morgan fingerprint density at radius 3 is 2.69 bits per heavy atom. The minimum Gasteiger partial charge on any atom is -0.467 e. The predicted molar refractivity (Wildman–Crippen MR) is 118 cm³/mol. The maximum Gasteiger partial charge on any atom is 0.321 e. The van der Waals surface area contributed by atoms with E-state index >= 15 is 0 Å². The van der Waals surface area contributed by atoms with E-state index in [-0.39, 0.29) is 30.8 Å². The van der Waals surface area contributed by atoms with E-state index < -0.39 is 5.92 Å². The standard InChI is InChI=1S/C22H28N6O4/c1-14-4-5-17(10-15(14)2)28-13-16(11-19(28)29)20(30)23-12-18-24-21(26-22(25-18)31-3)27-6-8-32-9-7-27/h4-5,10,16H,6-9,11-13H2,1-3H3,(H,23,30). The second kappa shape index (κ2) is 9.47. The number of nitrogens with one attached hydrogen (secondary N) is 1. The van der Waals surface area contributed by atoms with E-state index in [0.29, 0.717) is 44.6 Å². The third kappa shape index (κ3) is 4.80. The summed E-state index contributed by atoms with van der Waals surface area (Å²) in [6, 6.07) is 6.09. The number of morpholine rings is 1. The van der Waals surface area contributed by atoms with Crippen molar-refractivity contribution in [2.75, 3.05) is 49.8 Å². The SMILES string of the molecule is COc1nc(CNC(=O)C2CC(=O)N(c3ccc(C)c(C)c3)C2)nc(N2CCOCC2)n1. The summed E-state index contributed by atoms with van der Waals surface area (Å²) in [5.41, 5.74) is 3.10. The van der Waals surface area contributed by atoms with Crippen LogP contribution in [0.15, 0.2) is 18.2 Å². The van der Waals surface area contributed by atoms with E-state index in [9.17, 15) is 9.59 Å². The Hall–Kier alpha value is -3.27. The second-order valence-corrected chi connectivity index (χ2v) is 8.03. The van der Waals surface area contributed by atoms with Gasteiger partial charge < -0.3 is 24.6 Å². The van der Waals surface area contributed by atoms with E-state index in [1.54, 1.807) is 4.90 Å². The summed E-state index contributed by atoms with van der Waals surface area (Å²) in [4.78, 5) is 42.0. The van der Waals surface area contributed by atoms with Crippen LogP contribution >= 0.6 is 0 Å². The topological polar surface area (TPSA) is 110 Å². The summed E-state index contributed by atoms with van der Waals surface area (Å²) in [5, 5.41) is 2.87. The lowest BCUT2D eigenvalue weighted by Gasteiger charge is -2.26. The number of hydrogen-bond donors (Lipinski definition) is 1. The Labute approximate surface area is 186 Å². The molecular weight excluding hydrogens is 412 g/mol. The minimum atomic E-state index is -0.424. The van der Waals surface area contributed by atoms with Crippen LogP contribution in [0.5, 0.6) is 6.01 Å². The Kier molecular flexibility index (Phi) is 6.50. The van der Waals surface area contributed by atoms with Gasteiger partial charge in [-0.15, -0.1) is 0 Å². The number of aryl methyl sites for hydroxylation is 2. The molecule has 10 nitrogen and oxygen atoms in total. The van der Waals surface area contributed by atoms with Gasteiger partial charge >= 0.3 is 6.01 Å². The zero-order chi connectivity index (χ0) is 22.7. The molecule has 2 aliphatic heterocycles. The highest BCUT2D eigenvalue weighted by molar-refractivity contribution is 6.00. The molecule has 10 heteroatoms. The first-order chi connectivity index (χ1) is 15.4. The summed E-state index contributed by atoms with van der Waals surface area (Å²) in [6.07, 6.45) is 0.179. The molecule has 1 atom stereocenters. The van der Waals surface area contributed by atoms with Gasteiger partial charge in [-0.25, -0.2) is 0 Å². The molecular formula is C22H28N6O4. The smallest absolute Gasteiger partial charge is 0.321 e. The number of amides is 2. The molecule has 2 aromatic rings. The summed E-state index contributed by atoms with van der Waals surface area (Å²) >= 11 is 0. The van der Waals surface area contributed by atoms with Crippen molar-refractivity contribution in [1.29, 1.82) is 0 Å². The summed E-state index contributed by atoms with van der Waals surface area (Å²) in [5.74, 6) is 0.233. The number of carbonyl (C=O) groups is 2. The van der Waals surface area contributed by atoms with Crippen LogP contribution in [0.25, 0.3) is 0 Å². The van der Waals surface area contributed by atoms with Crippen molar-refractivity contribution in [2.45, 2.75) is 26.8 Å². The molecule has 4 rings (SSSR count). The third-order valence-electron chi connectivity index (χ3n) is 5.84. The van der Waals surface area contributed by atoms with Gasteiger partial charge in [0.05, 0.1) is 32.8 Å². The van der Waals surface area contributed by atoms with Gasteiger partial charge in [0.25, 0.3) is 0 Å². The average Bonchev–Trinajstić information content (AvgIpc) is 3.21. The van der Waals surface area contributed by atoms with Crippen molar-refractivity contribution in [2.24, 2.45) is 5.92 Å². The van der Waals surface area contributed by atoms with Crippen LogP contribution in [0.2, 0.25) is 0 Å². The van der Waals surface area contributed by atoms with E-state index in [2.05, 4.69) is 20.3 Å². The van der Waals surface area contributed by atoms with E-state index in [1.807, 2.05) is 36.9 Å². The van der Waals surface area contributed by atoms with Gasteiger partial charge in [0.15, 0.2) is 5.82 Å². The predicted octanol–water partition coefficient (Wildman–Crippen LogP) is 1.00. The van der Waals surface area contributed by atoms with Crippen molar-refractivity contribution in [3.8, 4) is 6.01 Å².